The van der Waals surface area contributed by atoms with Gasteiger partial charge in [-0.1, -0.05) is 12.1 Å². The molecule has 0 bridgehead atoms. The Morgan fingerprint density at radius 1 is 1.28 bits per heavy atom. The summed E-state index contributed by atoms with van der Waals surface area (Å²) in [6, 6.07) is 6.62. The number of esters is 1. The van der Waals surface area contributed by atoms with Crippen LogP contribution >= 0.6 is 11.3 Å². The van der Waals surface area contributed by atoms with Gasteiger partial charge >= 0.3 is 5.97 Å². The number of aliphatic imine (C=N–C) groups is 1. The molecule has 12 heteroatoms. The van der Waals surface area contributed by atoms with Gasteiger partial charge in [0, 0.05) is 5.56 Å². The molecule has 10 nitrogen and oxygen atoms in total. The largest absolute Gasteiger partial charge is 0.454 e. The first-order valence-corrected chi connectivity index (χ1v) is 10.6. The highest BCUT2D eigenvalue weighted by atomic mass is 32.2. The second-order valence-corrected chi connectivity index (χ2v) is 8.51. The maximum absolute atomic E-state index is 12.1. The van der Waals surface area contributed by atoms with Gasteiger partial charge in [-0.15, -0.1) is 11.3 Å². The average molecular weight is 436 g/mol. The number of ether oxygens (including phenoxy) is 1. The number of nitrogens with two attached hydrogens (primary N) is 1. The van der Waals surface area contributed by atoms with Crippen molar-refractivity contribution in [2.75, 3.05) is 11.9 Å². The number of primary amides is 1. The number of hydrogen-bond donors (Lipinski definition) is 3. The van der Waals surface area contributed by atoms with Gasteiger partial charge in [0.05, 0.1) is 10.5 Å². The lowest BCUT2D eigenvalue weighted by atomic mass is 10.2. The van der Waals surface area contributed by atoms with E-state index in [0.717, 1.165) is 11.3 Å². The van der Waals surface area contributed by atoms with E-state index in [1.165, 1.54) is 19.1 Å². The fourth-order valence-electron chi connectivity index (χ4n) is 2.50. The van der Waals surface area contributed by atoms with Crippen LogP contribution in [-0.2, 0) is 24.3 Å². The Morgan fingerprint density at radius 2 is 2.00 bits per heavy atom. The number of carbonyl (C=O) groups is 3. The van der Waals surface area contributed by atoms with E-state index in [4.69, 9.17) is 10.5 Å². The van der Waals surface area contributed by atoms with Crippen molar-refractivity contribution >= 4 is 50.0 Å². The molecule has 2 amide bonds. The summed E-state index contributed by atoms with van der Waals surface area (Å²) < 4.78 is 31.3. The van der Waals surface area contributed by atoms with Crippen LogP contribution in [0.2, 0.25) is 0 Å². The van der Waals surface area contributed by atoms with Gasteiger partial charge in [-0.05, 0) is 30.5 Å². The number of amidine groups is 1. The van der Waals surface area contributed by atoms with Crippen molar-refractivity contribution in [2.24, 2.45) is 10.7 Å². The standard InChI is InChI=1S/C17H16N4O6S2/c1-9(19-15-10-4-2-3-5-12(10)29(25,26)21-15)17(24)27-8-13(22)20-16-11(14(18)23)6-7-28-16/h2-7,9H,8H2,1H3,(H2,18,23)(H,19,21)(H,20,22)/t9-/m1/s1. The Balaban J connectivity index is 1.62. The number of nitrogens with zero attached hydrogens (tertiary/aromatic N) is 1. The predicted molar refractivity (Wildman–Crippen MR) is 105 cm³/mol. The SMILES string of the molecule is C[C@@H](N=C1NS(=O)(=O)c2ccccc21)C(=O)OCC(=O)Nc1sccc1C(N)=O. The second-order valence-electron chi connectivity index (χ2n) is 5.94. The molecule has 0 saturated heterocycles. The molecule has 0 saturated carbocycles. The van der Waals surface area contributed by atoms with Gasteiger partial charge < -0.3 is 15.8 Å². The quantitative estimate of drug-likeness (QED) is 0.558. The average Bonchev–Trinajstić information content (AvgIpc) is 3.22. The Morgan fingerprint density at radius 3 is 2.72 bits per heavy atom. The highest BCUT2D eigenvalue weighted by molar-refractivity contribution is 7.90. The third-order valence-corrected chi connectivity index (χ3v) is 6.08. The number of benzene rings is 1. The Bertz CT molecular complexity index is 1120. The number of fused-ring (bicyclic) bond motifs is 1. The molecule has 1 aromatic carbocycles. The van der Waals surface area contributed by atoms with Gasteiger partial charge in [0.1, 0.15) is 16.9 Å². The van der Waals surface area contributed by atoms with Gasteiger partial charge in [0.25, 0.3) is 21.8 Å². The number of hydrogen-bond acceptors (Lipinski definition) is 8. The maximum atomic E-state index is 12.1. The van der Waals surface area contributed by atoms with E-state index in [2.05, 4.69) is 15.0 Å². The zero-order chi connectivity index (χ0) is 21.2. The van der Waals surface area contributed by atoms with Gasteiger partial charge in [-0.2, -0.15) is 0 Å². The van der Waals surface area contributed by atoms with Crippen molar-refractivity contribution in [3.8, 4) is 0 Å². The van der Waals surface area contributed by atoms with Gasteiger partial charge in [-0.25, -0.2) is 13.2 Å². The third-order valence-electron chi connectivity index (χ3n) is 3.86. The molecule has 1 aromatic heterocycles. The Hall–Kier alpha value is -3.25. The zero-order valence-electron chi connectivity index (χ0n) is 15.0. The molecule has 1 atom stereocenters. The minimum Gasteiger partial charge on any atom is -0.454 e. The normalized spacial score (nSPS) is 16.5. The van der Waals surface area contributed by atoms with Crippen molar-refractivity contribution in [1.29, 1.82) is 0 Å². The van der Waals surface area contributed by atoms with Crippen LogP contribution in [0.5, 0.6) is 0 Å². The van der Waals surface area contributed by atoms with E-state index >= 15 is 0 Å². The predicted octanol–water partition coefficient (Wildman–Crippen LogP) is 0.456. The molecule has 1 aliphatic heterocycles. The summed E-state index contributed by atoms with van der Waals surface area (Å²) in [7, 11) is -3.73. The third kappa shape index (κ3) is 4.43. The van der Waals surface area contributed by atoms with Gasteiger partial charge in [0.2, 0.25) is 0 Å². The van der Waals surface area contributed by atoms with Crippen LogP contribution in [0.15, 0.2) is 45.6 Å². The van der Waals surface area contributed by atoms with Crippen LogP contribution in [0.4, 0.5) is 5.00 Å². The maximum Gasteiger partial charge on any atom is 0.331 e. The number of nitrogens with one attached hydrogen (secondary N) is 2. The molecule has 2 heterocycles. The van der Waals surface area contributed by atoms with Crippen LogP contribution in [-0.4, -0.2) is 44.7 Å². The highest BCUT2D eigenvalue weighted by Crippen LogP contribution is 2.23. The number of sulfonamides is 1. The van der Waals surface area contributed by atoms with Gasteiger partial charge in [-0.3, -0.25) is 19.3 Å². The number of anilines is 1. The van der Waals surface area contributed by atoms with E-state index in [0.29, 0.717) is 5.56 Å². The lowest BCUT2D eigenvalue weighted by molar-refractivity contribution is -0.148. The van der Waals surface area contributed by atoms with Crippen LogP contribution in [0, 0.1) is 0 Å². The van der Waals surface area contributed by atoms with E-state index in [-0.39, 0.29) is 21.3 Å². The van der Waals surface area contributed by atoms with Crippen molar-refractivity contribution in [3.05, 3.63) is 46.8 Å². The van der Waals surface area contributed by atoms with Crippen molar-refractivity contribution < 1.29 is 27.5 Å². The summed E-state index contributed by atoms with van der Waals surface area (Å²) >= 11 is 1.10. The Kier molecular flexibility index (Phi) is 5.66. The molecule has 2 aromatic rings. The molecule has 0 radical (unpaired) electrons. The molecule has 3 rings (SSSR count). The van der Waals surface area contributed by atoms with Crippen molar-refractivity contribution in [2.45, 2.75) is 17.9 Å². The summed E-state index contributed by atoms with van der Waals surface area (Å²) in [4.78, 5) is 39.5. The second kappa shape index (κ2) is 8.01. The smallest absolute Gasteiger partial charge is 0.331 e. The highest BCUT2D eigenvalue weighted by Gasteiger charge is 2.31. The molecule has 152 valence electrons. The van der Waals surface area contributed by atoms with Crippen molar-refractivity contribution in [1.82, 2.24) is 4.72 Å². The lowest BCUT2D eigenvalue weighted by Gasteiger charge is -2.09. The molecular formula is C17H16N4O6S2. The molecule has 1 aliphatic rings. The molecule has 0 fully saturated rings. The molecule has 0 aliphatic carbocycles. The number of thiophene rings is 1. The van der Waals surface area contributed by atoms with Crippen LogP contribution in [0.25, 0.3) is 0 Å². The molecular weight excluding hydrogens is 420 g/mol. The summed E-state index contributed by atoms with van der Waals surface area (Å²) in [5.74, 6) is -2.14. The monoisotopic (exact) mass is 436 g/mol. The minimum absolute atomic E-state index is 0.0270. The lowest BCUT2D eigenvalue weighted by Crippen LogP contribution is -2.29. The Labute approximate surface area is 169 Å². The van der Waals surface area contributed by atoms with Crippen LogP contribution < -0.4 is 15.8 Å². The minimum atomic E-state index is -3.73. The number of amides is 2. The first kappa shape index (κ1) is 20.5. The van der Waals surface area contributed by atoms with Crippen molar-refractivity contribution in [3.63, 3.8) is 0 Å². The molecule has 29 heavy (non-hydrogen) atoms. The summed E-state index contributed by atoms with van der Waals surface area (Å²) in [5, 5.41) is 4.27. The van der Waals surface area contributed by atoms with Crippen LogP contribution in [0.1, 0.15) is 22.8 Å². The topological polar surface area (TPSA) is 157 Å². The van der Waals surface area contributed by atoms with E-state index in [9.17, 15) is 22.8 Å². The first-order valence-electron chi connectivity index (χ1n) is 8.23. The molecule has 0 spiro atoms. The summed E-state index contributed by atoms with van der Waals surface area (Å²) in [6.07, 6.45) is 0. The van der Waals surface area contributed by atoms with E-state index < -0.39 is 40.5 Å². The number of carbonyl (C=O) groups excluding carboxylic acids is 3. The summed E-state index contributed by atoms with van der Waals surface area (Å²) in [5.41, 5.74) is 5.70. The van der Waals surface area contributed by atoms with Crippen LogP contribution in [0.3, 0.4) is 0 Å². The van der Waals surface area contributed by atoms with E-state index in [1.54, 1.807) is 23.6 Å². The summed E-state index contributed by atoms with van der Waals surface area (Å²) in [6.45, 7) is 0.805. The fourth-order valence-corrected chi connectivity index (χ4v) is 4.54. The first-order chi connectivity index (χ1) is 13.7. The number of rotatable bonds is 6. The molecule has 4 N–H and O–H groups in total. The zero-order valence-corrected chi connectivity index (χ0v) is 16.7. The fraction of sp³-hybridized carbons (Fsp3) is 0.176. The van der Waals surface area contributed by atoms with Gasteiger partial charge in [0.15, 0.2) is 6.61 Å². The van der Waals surface area contributed by atoms with E-state index in [1.807, 2.05) is 0 Å². The molecule has 0 unspecified atom stereocenters.